The second kappa shape index (κ2) is 11.2. The molecule has 0 aliphatic carbocycles. The molecule has 7 nitrogen and oxygen atoms in total. The molecule has 174 valence electrons. The Labute approximate surface area is 186 Å². The molecule has 2 unspecified atom stereocenters. The standard InChI is InChI=1S/C24H39N3O4/c1-10-14-27(22(29)18(6)26-23(30)31-24(7,8)9)20(21(28)25-15(2)3)19-16(4)12-11-13-17(19)5/h11-13,15,18,20H,10,14H2,1-9H3,(H,25,28)(H,26,30). The highest BCUT2D eigenvalue weighted by Crippen LogP contribution is 2.29. The maximum Gasteiger partial charge on any atom is 0.408 e. The first-order chi connectivity index (χ1) is 14.3. The molecule has 1 aromatic carbocycles. The molecule has 0 aliphatic heterocycles. The zero-order valence-electron chi connectivity index (χ0n) is 20.5. The molecule has 0 aliphatic rings. The third-order valence-corrected chi connectivity index (χ3v) is 4.66. The maximum absolute atomic E-state index is 13.4. The van der Waals surface area contributed by atoms with Crippen molar-refractivity contribution in [1.29, 1.82) is 0 Å². The molecule has 0 fully saturated rings. The van der Waals surface area contributed by atoms with E-state index in [1.165, 1.54) is 0 Å². The summed E-state index contributed by atoms with van der Waals surface area (Å²) in [5.74, 6) is -0.571. The normalized spacial score (nSPS) is 13.4. The van der Waals surface area contributed by atoms with Gasteiger partial charge < -0.3 is 20.3 Å². The van der Waals surface area contributed by atoms with Crippen molar-refractivity contribution in [1.82, 2.24) is 15.5 Å². The topological polar surface area (TPSA) is 87.7 Å². The van der Waals surface area contributed by atoms with Crippen molar-refractivity contribution in [2.45, 2.75) is 92.5 Å². The number of hydrogen-bond donors (Lipinski definition) is 2. The lowest BCUT2D eigenvalue weighted by atomic mass is 9.93. The quantitative estimate of drug-likeness (QED) is 0.648. The van der Waals surface area contributed by atoms with Crippen molar-refractivity contribution in [3.05, 3.63) is 34.9 Å². The number of aryl methyl sites for hydroxylation is 2. The van der Waals surface area contributed by atoms with Gasteiger partial charge in [0.05, 0.1) is 0 Å². The lowest BCUT2D eigenvalue weighted by Crippen LogP contribution is -2.52. The van der Waals surface area contributed by atoms with Crippen LogP contribution in [0.3, 0.4) is 0 Å². The van der Waals surface area contributed by atoms with Crippen LogP contribution in [0.2, 0.25) is 0 Å². The molecule has 0 saturated carbocycles. The van der Waals surface area contributed by atoms with Crippen LogP contribution in [0.5, 0.6) is 0 Å². The van der Waals surface area contributed by atoms with E-state index in [2.05, 4.69) is 10.6 Å². The molecule has 1 aromatic rings. The summed E-state index contributed by atoms with van der Waals surface area (Å²) in [5, 5.41) is 5.56. The molecule has 0 heterocycles. The van der Waals surface area contributed by atoms with Crippen LogP contribution in [-0.2, 0) is 14.3 Å². The average Bonchev–Trinajstić information content (AvgIpc) is 2.60. The first kappa shape index (κ1) is 26.5. The number of carbonyl (C=O) groups is 3. The summed E-state index contributed by atoms with van der Waals surface area (Å²) in [4.78, 5) is 40.5. The molecule has 1 rings (SSSR count). The molecule has 0 bridgehead atoms. The zero-order valence-corrected chi connectivity index (χ0v) is 20.5. The minimum atomic E-state index is -0.847. The Morgan fingerprint density at radius 2 is 1.58 bits per heavy atom. The number of amides is 3. The number of rotatable bonds is 8. The fourth-order valence-electron chi connectivity index (χ4n) is 3.45. The van der Waals surface area contributed by atoms with E-state index in [4.69, 9.17) is 4.74 Å². The number of hydrogen-bond acceptors (Lipinski definition) is 4. The van der Waals surface area contributed by atoms with E-state index in [-0.39, 0.29) is 17.9 Å². The van der Waals surface area contributed by atoms with Gasteiger partial charge >= 0.3 is 6.09 Å². The van der Waals surface area contributed by atoms with Crippen molar-refractivity contribution >= 4 is 17.9 Å². The largest absolute Gasteiger partial charge is 0.444 e. The van der Waals surface area contributed by atoms with Crippen LogP contribution >= 0.6 is 0 Å². The van der Waals surface area contributed by atoms with Crippen molar-refractivity contribution in [3.8, 4) is 0 Å². The summed E-state index contributed by atoms with van der Waals surface area (Å²) < 4.78 is 5.28. The summed E-state index contributed by atoms with van der Waals surface area (Å²) in [5.41, 5.74) is 2.01. The second-order valence-electron chi connectivity index (χ2n) is 9.27. The predicted octanol–water partition coefficient (Wildman–Crippen LogP) is 4.02. The molecule has 31 heavy (non-hydrogen) atoms. The Bertz CT molecular complexity index is 763. The Morgan fingerprint density at radius 3 is 2.03 bits per heavy atom. The molecule has 0 aromatic heterocycles. The Hall–Kier alpha value is -2.57. The van der Waals surface area contributed by atoms with Crippen LogP contribution in [0.25, 0.3) is 0 Å². The molecular formula is C24H39N3O4. The Kier molecular flexibility index (Phi) is 9.53. The van der Waals surface area contributed by atoms with E-state index in [9.17, 15) is 14.4 Å². The van der Waals surface area contributed by atoms with Gasteiger partial charge in [0.2, 0.25) is 11.8 Å². The van der Waals surface area contributed by atoms with Gasteiger partial charge in [0, 0.05) is 12.6 Å². The minimum absolute atomic E-state index is 0.0739. The molecule has 0 spiro atoms. The zero-order chi connectivity index (χ0) is 23.9. The fourth-order valence-corrected chi connectivity index (χ4v) is 3.45. The molecule has 0 saturated heterocycles. The molecule has 7 heteroatoms. The minimum Gasteiger partial charge on any atom is -0.444 e. The summed E-state index contributed by atoms with van der Waals surface area (Å²) in [6, 6.07) is 4.10. The number of alkyl carbamates (subject to hydrolysis) is 1. The Balaban J connectivity index is 3.34. The number of nitrogens with zero attached hydrogens (tertiary/aromatic N) is 1. The van der Waals surface area contributed by atoms with Crippen LogP contribution in [0.4, 0.5) is 4.79 Å². The summed E-state index contributed by atoms with van der Waals surface area (Å²) in [7, 11) is 0. The lowest BCUT2D eigenvalue weighted by Gasteiger charge is -2.35. The van der Waals surface area contributed by atoms with E-state index in [1.54, 1.807) is 32.6 Å². The number of benzene rings is 1. The van der Waals surface area contributed by atoms with Gasteiger partial charge in [-0.3, -0.25) is 9.59 Å². The van der Waals surface area contributed by atoms with Gasteiger partial charge in [0.15, 0.2) is 0 Å². The average molecular weight is 434 g/mol. The van der Waals surface area contributed by atoms with E-state index >= 15 is 0 Å². The van der Waals surface area contributed by atoms with Gasteiger partial charge in [-0.25, -0.2) is 4.79 Å². The highest BCUT2D eigenvalue weighted by atomic mass is 16.6. The molecule has 0 radical (unpaired) electrons. The van der Waals surface area contributed by atoms with Crippen LogP contribution in [-0.4, -0.2) is 47.0 Å². The van der Waals surface area contributed by atoms with Crippen molar-refractivity contribution < 1.29 is 19.1 Å². The van der Waals surface area contributed by atoms with Crippen LogP contribution < -0.4 is 10.6 Å². The molecule has 3 amide bonds. The Morgan fingerprint density at radius 1 is 1.03 bits per heavy atom. The van der Waals surface area contributed by atoms with Crippen molar-refractivity contribution in [2.75, 3.05) is 6.54 Å². The first-order valence-electron chi connectivity index (χ1n) is 10.9. The third-order valence-electron chi connectivity index (χ3n) is 4.66. The van der Waals surface area contributed by atoms with Gasteiger partial charge in [-0.2, -0.15) is 0 Å². The van der Waals surface area contributed by atoms with Gasteiger partial charge in [-0.1, -0.05) is 25.1 Å². The second-order valence-corrected chi connectivity index (χ2v) is 9.27. The van der Waals surface area contributed by atoms with Gasteiger partial charge in [0.1, 0.15) is 17.7 Å². The van der Waals surface area contributed by atoms with E-state index in [1.807, 2.05) is 52.8 Å². The summed E-state index contributed by atoms with van der Waals surface area (Å²) in [6.07, 6.45) is 0.00132. The lowest BCUT2D eigenvalue weighted by molar-refractivity contribution is -0.142. The fraction of sp³-hybridized carbons (Fsp3) is 0.625. The molecule has 2 N–H and O–H groups in total. The number of nitrogens with one attached hydrogen (secondary N) is 2. The monoisotopic (exact) mass is 433 g/mol. The third kappa shape index (κ3) is 7.89. The molecular weight excluding hydrogens is 394 g/mol. The van der Waals surface area contributed by atoms with Crippen molar-refractivity contribution in [3.63, 3.8) is 0 Å². The van der Waals surface area contributed by atoms with E-state index < -0.39 is 23.8 Å². The van der Waals surface area contributed by atoms with Gasteiger partial charge in [-0.15, -0.1) is 0 Å². The van der Waals surface area contributed by atoms with Gasteiger partial charge in [-0.05, 0) is 78.5 Å². The van der Waals surface area contributed by atoms with Crippen LogP contribution in [0.15, 0.2) is 18.2 Å². The highest BCUT2D eigenvalue weighted by Gasteiger charge is 2.35. The van der Waals surface area contributed by atoms with Crippen molar-refractivity contribution in [2.24, 2.45) is 0 Å². The number of ether oxygens (including phenoxy) is 1. The summed E-state index contributed by atoms with van der Waals surface area (Å²) in [6.45, 7) is 16.9. The van der Waals surface area contributed by atoms with Crippen LogP contribution in [0, 0.1) is 13.8 Å². The van der Waals surface area contributed by atoms with E-state index in [0.717, 1.165) is 16.7 Å². The highest BCUT2D eigenvalue weighted by molar-refractivity contribution is 5.92. The first-order valence-corrected chi connectivity index (χ1v) is 10.9. The SMILES string of the molecule is CCCN(C(=O)C(C)NC(=O)OC(C)(C)C)C(C(=O)NC(C)C)c1c(C)cccc1C. The van der Waals surface area contributed by atoms with E-state index in [0.29, 0.717) is 13.0 Å². The molecule has 2 atom stereocenters. The predicted molar refractivity (Wildman–Crippen MR) is 123 cm³/mol. The number of carbonyl (C=O) groups excluding carboxylic acids is 3. The smallest absolute Gasteiger partial charge is 0.408 e. The summed E-state index contributed by atoms with van der Waals surface area (Å²) >= 11 is 0. The van der Waals surface area contributed by atoms with Gasteiger partial charge in [0.25, 0.3) is 0 Å². The maximum atomic E-state index is 13.4. The van der Waals surface area contributed by atoms with Crippen LogP contribution in [0.1, 0.15) is 77.6 Å².